The molecule has 0 aliphatic carbocycles. The lowest BCUT2D eigenvalue weighted by molar-refractivity contribution is -0.385. The number of carbonyl (C=O) groups is 1. The molecule has 8 heteroatoms. The van der Waals surface area contributed by atoms with Crippen LogP contribution in [0.5, 0.6) is 17.2 Å². The highest BCUT2D eigenvalue weighted by atomic mass is 16.6. The second-order valence-corrected chi connectivity index (χ2v) is 5.92. The van der Waals surface area contributed by atoms with Crippen molar-refractivity contribution in [3.63, 3.8) is 0 Å². The predicted molar refractivity (Wildman–Crippen MR) is 92.7 cm³/mol. The first-order chi connectivity index (χ1) is 12.5. The number of methoxy groups -OCH3 is 1. The van der Waals surface area contributed by atoms with E-state index in [0.717, 1.165) is 17.9 Å². The van der Waals surface area contributed by atoms with Crippen molar-refractivity contribution in [3.8, 4) is 17.2 Å². The molecule has 1 atom stereocenters. The fourth-order valence-corrected chi connectivity index (χ4v) is 2.84. The summed E-state index contributed by atoms with van der Waals surface area (Å²) in [4.78, 5) is 24.3. The van der Waals surface area contributed by atoms with Gasteiger partial charge in [0.15, 0.2) is 5.75 Å². The van der Waals surface area contributed by atoms with E-state index < -0.39 is 16.4 Å². The highest BCUT2D eigenvalue weighted by Gasteiger charge is 2.29. The minimum atomic E-state index is -0.717. The highest BCUT2D eigenvalue weighted by Crippen LogP contribution is 2.28. The molecule has 2 aromatic rings. The van der Waals surface area contributed by atoms with Gasteiger partial charge in [0.2, 0.25) is 0 Å². The first-order valence-corrected chi connectivity index (χ1v) is 8.05. The maximum absolute atomic E-state index is 12.6. The number of amides is 1. The van der Waals surface area contributed by atoms with Crippen LogP contribution in [0.3, 0.4) is 0 Å². The van der Waals surface area contributed by atoms with Crippen LogP contribution in [-0.4, -0.2) is 47.1 Å². The zero-order valence-electron chi connectivity index (χ0n) is 14.1. The maximum Gasteiger partial charge on any atom is 0.311 e. The van der Waals surface area contributed by atoms with Gasteiger partial charge in [0.05, 0.1) is 18.6 Å². The minimum absolute atomic E-state index is 0.153. The molecule has 1 aliphatic rings. The molecule has 136 valence electrons. The monoisotopic (exact) mass is 358 g/mol. The Morgan fingerprint density at radius 2 is 1.92 bits per heavy atom. The molecule has 1 saturated heterocycles. The van der Waals surface area contributed by atoms with Crippen LogP contribution < -0.4 is 9.47 Å². The number of likely N-dealkylation sites (tertiary alicyclic amines) is 1. The van der Waals surface area contributed by atoms with Crippen LogP contribution in [0.1, 0.15) is 16.8 Å². The third-order valence-electron chi connectivity index (χ3n) is 4.21. The molecule has 8 nitrogen and oxygen atoms in total. The SMILES string of the molecule is COc1ccc(OC2CCN(C(=O)c3ccc(O)c([N+](=O)[O-])c3)C2)cc1. The summed E-state index contributed by atoms with van der Waals surface area (Å²) >= 11 is 0. The fourth-order valence-electron chi connectivity index (χ4n) is 2.84. The number of aromatic hydroxyl groups is 1. The smallest absolute Gasteiger partial charge is 0.311 e. The molecule has 1 fully saturated rings. The maximum atomic E-state index is 12.6. The largest absolute Gasteiger partial charge is 0.502 e. The predicted octanol–water partition coefficient (Wildman–Crippen LogP) is 2.60. The van der Waals surface area contributed by atoms with E-state index in [4.69, 9.17) is 9.47 Å². The molecule has 26 heavy (non-hydrogen) atoms. The highest BCUT2D eigenvalue weighted by molar-refractivity contribution is 5.95. The Kier molecular flexibility index (Phi) is 4.92. The molecule has 1 aliphatic heterocycles. The van der Waals surface area contributed by atoms with Crippen LogP contribution in [0.25, 0.3) is 0 Å². The van der Waals surface area contributed by atoms with Gasteiger partial charge in [0, 0.05) is 24.6 Å². The van der Waals surface area contributed by atoms with Gasteiger partial charge in [0.1, 0.15) is 17.6 Å². The van der Waals surface area contributed by atoms with E-state index in [1.165, 1.54) is 6.07 Å². The van der Waals surface area contributed by atoms with Gasteiger partial charge in [-0.25, -0.2) is 0 Å². The Balaban J connectivity index is 1.65. The van der Waals surface area contributed by atoms with E-state index in [-0.39, 0.29) is 17.6 Å². The zero-order chi connectivity index (χ0) is 18.7. The van der Waals surface area contributed by atoms with Crippen molar-refractivity contribution < 1.29 is 24.3 Å². The van der Waals surface area contributed by atoms with Gasteiger partial charge in [0.25, 0.3) is 5.91 Å². The van der Waals surface area contributed by atoms with Crippen molar-refractivity contribution in [2.24, 2.45) is 0 Å². The molecule has 1 unspecified atom stereocenters. The zero-order valence-corrected chi connectivity index (χ0v) is 14.1. The Morgan fingerprint density at radius 1 is 1.23 bits per heavy atom. The molecular formula is C18H18N2O6. The van der Waals surface area contributed by atoms with Crippen LogP contribution in [-0.2, 0) is 0 Å². The molecule has 1 N–H and O–H groups in total. The van der Waals surface area contributed by atoms with E-state index in [9.17, 15) is 20.0 Å². The van der Waals surface area contributed by atoms with Crippen LogP contribution in [0.15, 0.2) is 42.5 Å². The van der Waals surface area contributed by atoms with Crippen molar-refractivity contribution in [3.05, 3.63) is 58.1 Å². The number of hydrogen-bond donors (Lipinski definition) is 1. The summed E-state index contributed by atoms with van der Waals surface area (Å²) in [6.07, 6.45) is 0.511. The van der Waals surface area contributed by atoms with Crippen molar-refractivity contribution in [2.45, 2.75) is 12.5 Å². The molecule has 1 amide bonds. The van der Waals surface area contributed by atoms with E-state index in [0.29, 0.717) is 25.3 Å². The van der Waals surface area contributed by atoms with Gasteiger partial charge < -0.3 is 19.5 Å². The van der Waals surface area contributed by atoms with Crippen LogP contribution in [0, 0.1) is 10.1 Å². The lowest BCUT2D eigenvalue weighted by Crippen LogP contribution is -2.30. The van der Waals surface area contributed by atoms with E-state index in [2.05, 4.69) is 0 Å². The number of carbonyl (C=O) groups excluding carboxylic acids is 1. The van der Waals surface area contributed by atoms with Gasteiger partial charge in [-0.15, -0.1) is 0 Å². The fraction of sp³-hybridized carbons (Fsp3) is 0.278. The summed E-state index contributed by atoms with van der Waals surface area (Å²) < 4.78 is 11.0. The summed E-state index contributed by atoms with van der Waals surface area (Å²) in [6.45, 7) is 0.883. The van der Waals surface area contributed by atoms with Crippen LogP contribution >= 0.6 is 0 Å². The number of hydrogen-bond acceptors (Lipinski definition) is 6. The summed E-state index contributed by atoms with van der Waals surface area (Å²) in [5.74, 6) is 0.627. The average Bonchev–Trinajstić information content (AvgIpc) is 3.10. The molecule has 0 aromatic heterocycles. The molecule has 0 bridgehead atoms. The summed E-state index contributed by atoms with van der Waals surface area (Å²) in [7, 11) is 1.59. The lowest BCUT2D eigenvalue weighted by atomic mass is 10.1. The Hall–Kier alpha value is -3.29. The van der Waals surface area contributed by atoms with Gasteiger partial charge in [-0.2, -0.15) is 0 Å². The average molecular weight is 358 g/mol. The number of phenolic OH excluding ortho intramolecular Hbond substituents is 1. The second-order valence-electron chi connectivity index (χ2n) is 5.92. The molecule has 0 saturated carbocycles. The number of nitro benzene ring substituents is 1. The van der Waals surface area contributed by atoms with E-state index >= 15 is 0 Å². The van der Waals surface area contributed by atoms with E-state index in [1.807, 2.05) is 0 Å². The van der Waals surface area contributed by atoms with Gasteiger partial charge in [-0.05, 0) is 36.4 Å². The number of ether oxygens (including phenoxy) is 2. The Bertz CT molecular complexity index is 821. The molecular weight excluding hydrogens is 340 g/mol. The van der Waals surface area contributed by atoms with Crippen molar-refractivity contribution in [1.82, 2.24) is 4.90 Å². The Labute approximate surface area is 149 Å². The summed E-state index contributed by atoms with van der Waals surface area (Å²) in [5.41, 5.74) is -0.319. The summed E-state index contributed by atoms with van der Waals surface area (Å²) in [6, 6.07) is 10.8. The standard InChI is InChI=1S/C18H18N2O6/c1-25-13-3-5-14(6-4-13)26-15-8-9-19(11-15)18(22)12-2-7-17(21)16(10-12)20(23)24/h2-7,10,15,21H,8-9,11H2,1H3. The van der Waals surface area contributed by atoms with Gasteiger partial charge in [-0.3, -0.25) is 14.9 Å². The van der Waals surface area contributed by atoms with Crippen molar-refractivity contribution in [2.75, 3.05) is 20.2 Å². The van der Waals surface area contributed by atoms with Gasteiger partial charge >= 0.3 is 5.69 Å². The first-order valence-electron chi connectivity index (χ1n) is 8.05. The molecule has 2 aromatic carbocycles. The molecule has 0 radical (unpaired) electrons. The number of benzene rings is 2. The number of nitro groups is 1. The minimum Gasteiger partial charge on any atom is -0.502 e. The third kappa shape index (κ3) is 3.69. The first kappa shape index (κ1) is 17.5. The Morgan fingerprint density at radius 3 is 2.58 bits per heavy atom. The quantitative estimate of drug-likeness (QED) is 0.651. The lowest BCUT2D eigenvalue weighted by Gasteiger charge is -2.17. The topological polar surface area (TPSA) is 102 Å². The third-order valence-corrected chi connectivity index (χ3v) is 4.21. The van der Waals surface area contributed by atoms with Crippen molar-refractivity contribution in [1.29, 1.82) is 0 Å². The van der Waals surface area contributed by atoms with Crippen LogP contribution in [0.4, 0.5) is 5.69 Å². The number of nitrogens with zero attached hydrogens (tertiary/aromatic N) is 2. The normalized spacial score (nSPS) is 16.3. The molecule has 3 rings (SSSR count). The second kappa shape index (κ2) is 7.30. The van der Waals surface area contributed by atoms with E-state index in [1.54, 1.807) is 36.3 Å². The van der Waals surface area contributed by atoms with Gasteiger partial charge in [-0.1, -0.05) is 0 Å². The van der Waals surface area contributed by atoms with Crippen LogP contribution in [0.2, 0.25) is 0 Å². The molecule has 1 heterocycles. The number of phenols is 1. The van der Waals surface area contributed by atoms with Crippen molar-refractivity contribution >= 4 is 11.6 Å². The summed E-state index contributed by atoms with van der Waals surface area (Å²) in [5, 5.41) is 20.4. The number of rotatable bonds is 5. The molecule has 0 spiro atoms.